The van der Waals surface area contributed by atoms with Crippen molar-refractivity contribution in [3.05, 3.63) is 46.9 Å². The average molecular weight is 229 g/mol. The van der Waals surface area contributed by atoms with Crippen molar-refractivity contribution >= 4 is 17.4 Å². The predicted octanol–water partition coefficient (Wildman–Crippen LogP) is 2.41. The zero-order chi connectivity index (χ0) is 17.0. The molecule has 78 valence electrons. The van der Waals surface area contributed by atoms with Crippen molar-refractivity contribution in [1.82, 2.24) is 0 Å². The maximum atomic E-state index is 12.3. The molecule has 0 fully saturated rings. The van der Waals surface area contributed by atoms with E-state index in [0.29, 0.717) is 0 Å². The lowest BCUT2D eigenvalue weighted by atomic mass is 9.79. The molecule has 3 heteroatoms. The van der Waals surface area contributed by atoms with E-state index in [2.05, 4.69) is 0 Å². The molecule has 0 spiro atoms. The molecule has 1 atom stereocenters. The molecule has 0 aromatic heterocycles. The second-order valence-corrected chi connectivity index (χ2v) is 3.54. The van der Waals surface area contributed by atoms with Crippen molar-refractivity contribution in [1.29, 1.82) is 0 Å². The largest absolute Gasteiger partial charge is 0.315 e. The Morgan fingerprint density at radius 3 is 3.07 bits per heavy atom. The van der Waals surface area contributed by atoms with E-state index in [0.717, 1.165) is 6.08 Å². The molecule has 0 saturated carbocycles. The first-order chi connectivity index (χ1) is 9.92. The fraction of sp³-hybridized carbons (Fsp3) is 0.250. The molecular formula is C12H12ClNO. The van der Waals surface area contributed by atoms with Crippen LogP contribution in [0.25, 0.3) is 0 Å². The highest BCUT2D eigenvalue weighted by molar-refractivity contribution is 6.31. The zero-order valence-electron chi connectivity index (χ0n) is 14.6. The SMILES string of the molecule is [2H]C1=CC([2H])([2H])CC(N)(c2c([2H])c([2H])c([2H])c([2H])c2Cl)C1=O. The summed E-state index contributed by atoms with van der Waals surface area (Å²) in [7, 11) is 0. The summed E-state index contributed by atoms with van der Waals surface area (Å²) in [6, 6.07) is -3.01. The smallest absolute Gasteiger partial charge is 0.179 e. The Balaban J connectivity index is 2.81. The molecule has 1 aliphatic rings. The van der Waals surface area contributed by atoms with E-state index < -0.39 is 59.4 Å². The molecule has 0 amide bonds. The third-order valence-corrected chi connectivity index (χ3v) is 2.46. The van der Waals surface area contributed by atoms with Gasteiger partial charge in [0.05, 0.1) is 6.85 Å². The number of rotatable bonds is 1. The van der Waals surface area contributed by atoms with Crippen molar-refractivity contribution < 1.29 is 14.4 Å². The van der Waals surface area contributed by atoms with Gasteiger partial charge in [0.15, 0.2) is 5.78 Å². The van der Waals surface area contributed by atoms with Crippen LogP contribution in [0.3, 0.4) is 0 Å². The first kappa shape index (κ1) is 4.81. The molecule has 2 rings (SSSR count). The van der Waals surface area contributed by atoms with E-state index in [1.807, 2.05) is 0 Å². The van der Waals surface area contributed by atoms with Crippen LogP contribution in [0.4, 0.5) is 0 Å². The molecule has 15 heavy (non-hydrogen) atoms. The molecule has 2 N–H and O–H groups in total. The van der Waals surface area contributed by atoms with Gasteiger partial charge in [-0.3, -0.25) is 4.79 Å². The summed E-state index contributed by atoms with van der Waals surface area (Å²) in [5, 5.41) is -0.438. The monoisotopic (exact) mass is 228 g/mol. The van der Waals surface area contributed by atoms with Crippen LogP contribution >= 0.6 is 11.6 Å². The first-order valence-corrected chi connectivity index (χ1v) is 4.59. The number of hydrogen-bond donors (Lipinski definition) is 1. The maximum absolute atomic E-state index is 12.3. The van der Waals surface area contributed by atoms with Crippen LogP contribution in [-0.2, 0) is 10.3 Å². The number of benzene rings is 1. The molecule has 0 aliphatic heterocycles. The van der Waals surface area contributed by atoms with Crippen LogP contribution < -0.4 is 5.73 Å². The molecule has 1 unspecified atom stereocenters. The third-order valence-electron chi connectivity index (χ3n) is 2.18. The minimum absolute atomic E-state index is 0.383. The predicted molar refractivity (Wildman–Crippen MR) is 60.7 cm³/mol. The van der Waals surface area contributed by atoms with Crippen molar-refractivity contribution in [3.8, 4) is 0 Å². The number of ketones is 1. The Morgan fingerprint density at radius 2 is 2.27 bits per heavy atom. The normalized spacial score (nSPS) is 36.3. The van der Waals surface area contributed by atoms with Gasteiger partial charge in [-0.05, 0) is 30.5 Å². The van der Waals surface area contributed by atoms with Gasteiger partial charge >= 0.3 is 0 Å². The third kappa shape index (κ3) is 1.71. The van der Waals surface area contributed by atoms with Crippen molar-refractivity contribution in [2.45, 2.75) is 18.3 Å². The molecule has 0 saturated heterocycles. The molecule has 1 aromatic carbocycles. The highest BCUT2D eigenvalue weighted by atomic mass is 35.5. The van der Waals surface area contributed by atoms with E-state index in [9.17, 15) is 4.79 Å². The van der Waals surface area contributed by atoms with Crippen molar-refractivity contribution in [2.75, 3.05) is 0 Å². The molecule has 0 bridgehead atoms. The highest BCUT2D eigenvalue weighted by Gasteiger charge is 2.36. The minimum atomic E-state index is -2.12. The summed E-state index contributed by atoms with van der Waals surface area (Å²) in [6.07, 6.45) is -1.80. The van der Waals surface area contributed by atoms with Gasteiger partial charge in [-0.25, -0.2) is 0 Å². The van der Waals surface area contributed by atoms with Crippen molar-refractivity contribution in [2.24, 2.45) is 5.73 Å². The van der Waals surface area contributed by atoms with Gasteiger partial charge in [-0.1, -0.05) is 35.8 Å². The molecular weight excluding hydrogens is 210 g/mol. The summed E-state index contributed by atoms with van der Waals surface area (Å²) < 4.78 is 53.9. The van der Waals surface area contributed by atoms with Gasteiger partial charge in [0.25, 0.3) is 0 Å². The Labute approximate surface area is 104 Å². The molecule has 0 radical (unpaired) electrons. The highest BCUT2D eigenvalue weighted by Crippen LogP contribution is 2.33. The standard InChI is InChI=1S/C12H12ClNO/c13-10-6-2-1-5-9(10)12(14)8-4-3-7-11(12)15/h1-3,5-7H,4,8,14H2/i1D,2D,4D2,5D,6D,7D. The molecule has 2 nitrogen and oxygen atoms in total. The summed E-state index contributed by atoms with van der Waals surface area (Å²) in [6.45, 7) is 0. The second-order valence-electron chi connectivity index (χ2n) is 3.16. The van der Waals surface area contributed by atoms with Gasteiger partial charge in [-0.2, -0.15) is 0 Å². The van der Waals surface area contributed by atoms with Crippen LogP contribution in [0.1, 0.15) is 28.0 Å². The molecule has 0 heterocycles. The average Bonchev–Trinajstić information content (AvgIpc) is 2.39. The van der Waals surface area contributed by atoms with Gasteiger partial charge in [-0.15, -0.1) is 0 Å². The lowest BCUT2D eigenvalue weighted by molar-refractivity contribution is -0.120. The van der Waals surface area contributed by atoms with Crippen LogP contribution in [0.15, 0.2) is 36.3 Å². The van der Waals surface area contributed by atoms with Gasteiger partial charge in [0.1, 0.15) is 5.54 Å². The number of carbonyl (C=O) groups excluding carboxylic acids is 1. The number of allylic oxidation sites excluding steroid dienone is 1. The summed E-state index contributed by atoms with van der Waals surface area (Å²) in [4.78, 5) is 12.3. The van der Waals surface area contributed by atoms with Crippen molar-refractivity contribution in [3.63, 3.8) is 0 Å². The van der Waals surface area contributed by atoms with Crippen LogP contribution in [0.5, 0.6) is 0 Å². The Morgan fingerprint density at radius 1 is 1.53 bits per heavy atom. The zero-order valence-corrected chi connectivity index (χ0v) is 8.40. The van der Waals surface area contributed by atoms with Gasteiger partial charge in [0.2, 0.25) is 0 Å². The number of hydrogen-bond acceptors (Lipinski definition) is 2. The van der Waals surface area contributed by atoms with Crippen LogP contribution in [-0.4, -0.2) is 5.78 Å². The van der Waals surface area contributed by atoms with Gasteiger partial charge in [0, 0.05) is 7.76 Å². The van der Waals surface area contributed by atoms with E-state index in [-0.39, 0.29) is 5.56 Å². The fourth-order valence-corrected chi connectivity index (χ4v) is 1.61. The lowest BCUT2D eigenvalue weighted by Gasteiger charge is -2.30. The Hall–Kier alpha value is -1.12. The van der Waals surface area contributed by atoms with E-state index >= 15 is 0 Å². The Bertz CT molecular complexity index is 689. The Kier molecular flexibility index (Phi) is 1.22. The van der Waals surface area contributed by atoms with Crippen LogP contribution in [0.2, 0.25) is 5.02 Å². The quantitative estimate of drug-likeness (QED) is 0.802. The topological polar surface area (TPSA) is 43.1 Å². The first-order valence-electron chi connectivity index (χ1n) is 7.72. The second kappa shape index (κ2) is 3.80. The summed E-state index contributed by atoms with van der Waals surface area (Å²) >= 11 is 5.96. The summed E-state index contributed by atoms with van der Waals surface area (Å²) in [5.74, 6) is -0.936. The maximum Gasteiger partial charge on any atom is 0.179 e. The lowest BCUT2D eigenvalue weighted by Crippen LogP contribution is -2.45. The summed E-state index contributed by atoms with van der Waals surface area (Å²) in [5.41, 5.74) is 3.49. The number of nitrogens with two attached hydrogens (primary N) is 1. The van der Waals surface area contributed by atoms with Crippen LogP contribution in [0, 0.1) is 0 Å². The fourth-order valence-electron chi connectivity index (χ4n) is 1.34. The van der Waals surface area contributed by atoms with E-state index in [1.54, 1.807) is 0 Å². The van der Waals surface area contributed by atoms with Gasteiger partial charge < -0.3 is 5.73 Å². The number of halogens is 1. The van der Waals surface area contributed by atoms with E-state index in [1.165, 1.54) is 0 Å². The van der Waals surface area contributed by atoms with E-state index in [4.69, 9.17) is 26.9 Å². The number of carbonyl (C=O) groups is 1. The minimum Gasteiger partial charge on any atom is -0.315 e. The molecule has 1 aromatic rings. The molecule has 1 aliphatic carbocycles.